The zero-order chi connectivity index (χ0) is 37.5. The third kappa shape index (κ3) is 3.93. The van der Waals surface area contributed by atoms with Crippen LogP contribution in [0.2, 0.25) is 0 Å². The molecule has 0 bridgehead atoms. The van der Waals surface area contributed by atoms with Crippen LogP contribution in [0.4, 0.5) is 0 Å². The lowest BCUT2D eigenvalue weighted by Crippen LogP contribution is -2.19. The molecule has 0 N–H and O–H groups in total. The molecule has 2 heterocycles. The molecular weight excluding hydrogens is 677 g/mol. The van der Waals surface area contributed by atoms with Crippen LogP contribution in [0.15, 0.2) is 157 Å². The minimum Gasteiger partial charge on any atom is -0.312 e. The summed E-state index contributed by atoms with van der Waals surface area (Å²) in [5.41, 5.74) is 29.2. The molecule has 12 rings (SSSR count). The molecule has 4 aliphatic carbocycles. The molecular formula is C54H40N2. The smallest absolute Gasteiger partial charge is 0.0632 e. The molecule has 0 radical (unpaired) electrons. The van der Waals surface area contributed by atoms with E-state index in [0.29, 0.717) is 0 Å². The highest BCUT2D eigenvalue weighted by Gasteiger charge is 2.43. The summed E-state index contributed by atoms with van der Waals surface area (Å²) in [6.45, 7) is 9.63. The van der Waals surface area contributed by atoms with Gasteiger partial charge in [-0.2, -0.15) is 0 Å². The summed E-state index contributed by atoms with van der Waals surface area (Å²) in [7, 11) is 0. The molecule has 4 aliphatic rings. The number of hydrogen-bond acceptors (Lipinski definition) is 0. The first-order chi connectivity index (χ1) is 27.4. The summed E-state index contributed by atoms with van der Waals surface area (Å²) in [4.78, 5) is 0. The van der Waals surface area contributed by atoms with E-state index in [1.165, 1.54) is 94.2 Å². The van der Waals surface area contributed by atoms with Crippen LogP contribution in [0.25, 0.3) is 71.9 Å². The van der Waals surface area contributed by atoms with Gasteiger partial charge in [-0.15, -0.1) is 0 Å². The Morgan fingerprint density at radius 3 is 1.98 bits per heavy atom. The first kappa shape index (κ1) is 31.8. The monoisotopic (exact) mass is 716 g/mol. The van der Waals surface area contributed by atoms with Gasteiger partial charge in [-0.25, -0.2) is 0 Å². The molecule has 0 fully saturated rings. The fraction of sp³-hybridized carbons (Fsp3) is 0.148. The van der Waals surface area contributed by atoms with Crippen LogP contribution in [0, 0.1) is 0 Å². The molecule has 0 aliphatic heterocycles. The van der Waals surface area contributed by atoms with Gasteiger partial charge < -0.3 is 9.13 Å². The molecule has 0 saturated heterocycles. The Hall–Kier alpha value is -6.56. The van der Waals surface area contributed by atoms with Crippen LogP contribution in [-0.4, -0.2) is 9.13 Å². The Labute approximate surface area is 327 Å². The van der Waals surface area contributed by atoms with E-state index in [-0.39, 0.29) is 10.8 Å². The van der Waals surface area contributed by atoms with Crippen molar-refractivity contribution in [3.63, 3.8) is 0 Å². The van der Waals surface area contributed by atoms with E-state index in [1.54, 1.807) is 0 Å². The van der Waals surface area contributed by atoms with Crippen molar-refractivity contribution < 1.29 is 0 Å². The molecule has 266 valence electrons. The number of hydrogen-bond donors (Lipinski definition) is 0. The predicted molar refractivity (Wildman–Crippen MR) is 234 cm³/mol. The van der Waals surface area contributed by atoms with E-state index in [2.05, 4.69) is 188 Å². The first-order valence-corrected chi connectivity index (χ1v) is 20.0. The summed E-state index contributed by atoms with van der Waals surface area (Å²) in [6.07, 6.45) is 6.27. The van der Waals surface area contributed by atoms with Gasteiger partial charge in [0, 0.05) is 43.8 Å². The maximum absolute atomic E-state index is 3.68. The van der Waals surface area contributed by atoms with E-state index >= 15 is 0 Å². The van der Waals surface area contributed by atoms with Crippen molar-refractivity contribution in [2.75, 3.05) is 0 Å². The molecule has 6 aromatic carbocycles. The third-order valence-corrected chi connectivity index (χ3v) is 13.5. The van der Waals surface area contributed by atoms with Gasteiger partial charge in [0.15, 0.2) is 0 Å². The van der Waals surface area contributed by atoms with Gasteiger partial charge in [0.05, 0.1) is 33.5 Å². The summed E-state index contributed by atoms with van der Waals surface area (Å²) in [6, 6.07) is 49.7. The standard InChI is InChI=1S/C54H40N2/c1-53(2)41-23-11-5-17-33(41)37-29-31-47-49(51(37)53)39-21-9-15-27-45(39)55(47)43-25-13-7-19-35(43)36-20-8-14-26-44(36)56-46-28-16-10-22-40(46)50-48(56)32-30-38-34-18-6-12-24-42(34)54(3,4)52(38)50/h5-7,9-19,21-28,30,32H,29,31H2,1-4H3. The zero-order valence-electron chi connectivity index (χ0n) is 32.2. The fourth-order valence-corrected chi connectivity index (χ4v) is 11.2. The van der Waals surface area contributed by atoms with Crippen LogP contribution in [0.5, 0.6) is 0 Å². The Kier molecular flexibility index (Phi) is 6.25. The number of aromatic nitrogens is 2. The van der Waals surface area contributed by atoms with Crippen molar-refractivity contribution in [1.82, 2.24) is 9.13 Å². The molecule has 2 aromatic heterocycles. The van der Waals surface area contributed by atoms with Gasteiger partial charge in [-0.1, -0.05) is 148 Å². The highest BCUT2D eigenvalue weighted by molar-refractivity contribution is 6.18. The lowest BCUT2D eigenvalue weighted by Gasteiger charge is -2.28. The van der Waals surface area contributed by atoms with Gasteiger partial charge in [0.2, 0.25) is 0 Å². The number of nitrogens with zero attached hydrogens (tertiary/aromatic N) is 2. The van der Waals surface area contributed by atoms with Gasteiger partial charge >= 0.3 is 0 Å². The summed E-state index contributed by atoms with van der Waals surface area (Å²) in [5, 5.41) is 3.94. The second kappa shape index (κ2) is 11.0. The predicted octanol–water partition coefficient (Wildman–Crippen LogP) is 13.4. The second-order valence-electron chi connectivity index (χ2n) is 17.0. The van der Waals surface area contributed by atoms with E-state index in [1.807, 2.05) is 6.08 Å². The Bertz CT molecular complexity index is 3260. The minimum absolute atomic E-state index is 0.0858. The second-order valence-corrected chi connectivity index (χ2v) is 17.0. The average molecular weight is 717 g/mol. The maximum atomic E-state index is 3.68. The topological polar surface area (TPSA) is 9.86 Å². The van der Waals surface area contributed by atoms with Crippen LogP contribution >= 0.6 is 0 Å². The third-order valence-electron chi connectivity index (χ3n) is 13.5. The zero-order valence-corrected chi connectivity index (χ0v) is 32.2. The number of benzene rings is 6. The van der Waals surface area contributed by atoms with Crippen LogP contribution in [0.1, 0.15) is 73.2 Å². The average Bonchev–Trinajstić information content (AvgIpc) is 3.89. The number of para-hydroxylation sites is 3. The number of rotatable bonds is 3. The fourth-order valence-electron chi connectivity index (χ4n) is 11.2. The van der Waals surface area contributed by atoms with Crippen molar-refractivity contribution in [3.8, 4) is 16.8 Å². The molecule has 2 heteroatoms. The first-order valence-electron chi connectivity index (χ1n) is 20.0. The Balaban J connectivity index is 1.09. The maximum Gasteiger partial charge on any atom is 0.0632 e. The minimum atomic E-state index is -0.133. The van der Waals surface area contributed by atoms with Gasteiger partial charge in [-0.05, 0) is 93.8 Å². The van der Waals surface area contributed by atoms with Crippen molar-refractivity contribution in [1.29, 1.82) is 0 Å². The van der Waals surface area contributed by atoms with Gasteiger partial charge in [0.25, 0.3) is 0 Å². The summed E-state index contributed by atoms with van der Waals surface area (Å²) < 4.78 is 5.06. The van der Waals surface area contributed by atoms with Crippen molar-refractivity contribution in [2.45, 2.75) is 51.4 Å². The van der Waals surface area contributed by atoms with E-state index in [0.717, 1.165) is 29.7 Å². The van der Waals surface area contributed by atoms with E-state index in [9.17, 15) is 0 Å². The van der Waals surface area contributed by atoms with Crippen LogP contribution < -0.4 is 0 Å². The molecule has 0 atom stereocenters. The SMILES string of the molecule is CC1(C)C2=C(CCc3c2c2ccccc2n3-c2ccccc2C2=C=C=CC=C2n2c3ccccc3c3c4c(ccc32)-c2ccccc2C4(C)C)c2ccccc21. The molecule has 0 unspecified atom stereocenters. The van der Waals surface area contributed by atoms with Crippen molar-refractivity contribution in [3.05, 3.63) is 196 Å². The Morgan fingerprint density at radius 1 is 0.536 bits per heavy atom. The van der Waals surface area contributed by atoms with Crippen LogP contribution in [0.3, 0.4) is 0 Å². The largest absolute Gasteiger partial charge is 0.312 e. The molecule has 0 amide bonds. The molecule has 0 saturated carbocycles. The number of fused-ring (bicyclic) bond motifs is 13. The number of allylic oxidation sites excluding steroid dienone is 6. The Morgan fingerprint density at radius 2 is 1.18 bits per heavy atom. The highest BCUT2D eigenvalue weighted by atomic mass is 15.0. The highest BCUT2D eigenvalue weighted by Crippen LogP contribution is 2.58. The summed E-state index contributed by atoms with van der Waals surface area (Å²) in [5.74, 6) is 0. The van der Waals surface area contributed by atoms with E-state index < -0.39 is 0 Å². The van der Waals surface area contributed by atoms with Crippen molar-refractivity contribution in [2.24, 2.45) is 0 Å². The van der Waals surface area contributed by atoms with Gasteiger partial charge in [-0.3, -0.25) is 0 Å². The van der Waals surface area contributed by atoms with Crippen LogP contribution in [-0.2, 0) is 17.3 Å². The quantitative estimate of drug-likeness (QED) is 0.161. The van der Waals surface area contributed by atoms with Gasteiger partial charge in [0.1, 0.15) is 0 Å². The van der Waals surface area contributed by atoms with Crippen molar-refractivity contribution >= 4 is 55.1 Å². The van der Waals surface area contributed by atoms with E-state index in [4.69, 9.17) is 0 Å². The lowest BCUT2D eigenvalue weighted by molar-refractivity contribution is 0.666. The molecule has 0 spiro atoms. The summed E-state index contributed by atoms with van der Waals surface area (Å²) >= 11 is 0. The molecule has 56 heavy (non-hydrogen) atoms. The molecule has 2 nitrogen and oxygen atoms in total. The lowest BCUT2D eigenvalue weighted by atomic mass is 9.75. The molecule has 8 aromatic rings. The normalized spacial score (nSPS) is 16.9.